The Hall–Kier alpha value is -1.55. The van der Waals surface area contributed by atoms with Crippen LogP contribution >= 0.6 is 0 Å². The summed E-state index contributed by atoms with van der Waals surface area (Å²) in [6.45, 7) is 2.77. The molecule has 1 N–H and O–H groups in total. The Balaban J connectivity index is 1.40. The summed E-state index contributed by atoms with van der Waals surface area (Å²) in [5.74, 6) is 0.310. The highest BCUT2D eigenvalue weighted by Gasteiger charge is 2.35. The van der Waals surface area contributed by atoms with Gasteiger partial charge < -0.3 is 15.1 Å². The van der Waals surface area contributed by atoms with Gasteiger partial charge in [-0.25, -0.2) is 0 Å². The van der Waals surface area contributed by atoms with E-state index in [1.807, 2.05) is 11.0 Å². The molecule has 1 unspecified atom stereocenters. The van der Waals surface area contributed by atoms with Gasteiger partial charge >= 0.3 is 0 Å². The molecule has 2 aliphatic rings. The topological polar surface area (TPSA) is 35.6 Å². The zero-order valence-corrected chi connectivity index (χ0v) is 12.8. The number of rotatable bonds is 7. The molecule has 0 radical (unpaired) electrons. The summed E-state index contributed by atoms with van der Waals surface area (Å²) in [5, 5.41) is 3.46. The molecule has 4 heteroatoms. The number of carbonyl (C=O) groups excluding carboxylic acids is 1. The Morgan fingerprint density at radius 3 is 2.71 bits per heavy atom. The fourth-order valence-electron chi connectivity index (χ4n) is 2.96. The summed E-state index contributed by atoms with van der Waals surface area (Å²) in [6.07, 6.45) is 4.48. The van der Waals surface area contributed by atoms with Crippen LogP contribution in [0.3, 0.4) is 0 Å². The Kier molecular flexibility index (Phi) is 4.44. The normalized spacial score (nSPS) is 21.9. The molecular weight excluding hydrogens is 262 g/mol. The lowest BCUT2D eigenvalue weighted by atomic mass is 10.2. The Morgan fingerprint density at radius 1 is 1.24 bits per heavy atom. The minimum Gasteiger partial charge on any atom is -0.375 e. The van der Waals surface area contributed by atoms with E-state index < -0.39 is 0 Å². The molecule has 4 nitrogen and oxygen atoms in total. The number of likely N-dealkylation sites (tertiary alicyclic amines) is 1. The molecular formula is C17H25N3O. The number of carbonyl (C=O) groups is 1. The van der Waals surface area contributed by atoms with E-state index in [1.54, 1.807) is 0 Å². The van der Waals surface area contributed by atoms with Crippen molar-refractivity contribution in [3.05, 3.63) is 30.3 Å². The first-order chi connectivity index (χ1) is 10.2. The van der Waals surface area contributed by atoms with Crippen LogP contribution in [-0.2, 0) is 4.79 Å². The minimum atomic E-state index is 0.0874. The van der Waals surface area contributed by atoms with Crippen molar-refractivity contribution in [1.82, 2.24) is 10.2 Å². The van der Waals surface area contributed by atoms with Gasteiger partial charge in [0.2, 0.25) is 5.91 Å². The predicted octanol–water partition coefficient (Wildman–Crippen LogP) is 1.87. The Bertz CT molecular complexity index is 472. The van der Waals surface area contributed by atoms with Crippen molar-refractivity contribution in [1.29, 1.82) is 0 Å². The lowest BCUT2D eigenvalue weighted by Gasteiger charge is -2.22. The third kappa shape index (κ3) is 3.76. The molecule has 1 saturated carbocycles. The second-order valence-electron chi connectivity index (χ2n) is 6.22. The van der Waals surface area contributed by atoms with Crippen LogP contribution in [0.25, 0.3) is 0 Å². The first-order valence-electron chi connectivity index (χ1n) is 8.05. The number of nitrogens with one attached hydrogen (secondary N) is 1. The van der Waals surface area contributed by atoms with E-state index in [0.29, 0.717) is 11.9 Å². The number of para-hydroxylation sites is 1. The summed E-state index contributed by atoms with van der Waals surface area (Å²) in [7, 11) is 2.11. The van der Waals surface area contributed by atoms with Crippen LogP contribution in [0.15, 0.2) is 30.3 Å². The van der Waals surface area contributed by atoms with Crippen LogP contribution in [0.1, 0.15) is 25.7 Å². The number of amides is 1. The van der Waals surface area contributed by atoms with E-state index in [2.05, 4.69) is 41.5 Å². The Morgan fingerprint density at radius 2 is 2.00 bits per heavy atom. The van der Waals surface area contributed by atoms with E-state index in [-0.39, 0.29) is 6.04 Å². The molecule has 3 rings (SSSR count). The SMILES string of the molecule is CN(CCCN1CCC(NC2CC2)C1=O)c1ccccc1. The van der Waals surface area contributed by atoms with Gasteiger partial charge in [-0.05, 0) is 37.8 Å². The molecule has 114 valence electrons. The van der Waals surface area contributed by atoms with Gasteiger partial charge in [0.15, 0.2) is 0 Å². The molecule has 1 saturated heterocycles. The van der Waals surface area contributed by atoms with E-state index >= 15 is 0 Å². The minimum absolute atomic E-state index is 0.0874. The third-order valence-electron chi connectivity index (χ3n) is 4.43. The van der Waals surface area contributed by atoms with Crippen LogP contribution in [0.5, 0.6) is 0 Å². The smallest absolute Gasteiger partial charge is 0.239 e. The van der Waals surface area contributed by atoms with Gasteiger partial charge in [-0.3, -0.25) is 4.79 Å². The summed E-state index contributed by atoms with van der Waals surface area (Å²) >= 11 is 0. The zero-order valence-electron chi connectivity index (χ0n) is 12.8. The molecule has 1 aliphatic heterocycles. The summed E-state index contributed by atoms with van der Waals surface area (Å²) in [6, 6.07) is 11.1. The molecule has 1 aromatic carbocycles. The van der Waals surface area contributed by atoms with Gasteiger partial charge in [0.05, 0.1) is 6.04 Å². The van der Waals surface area contributed by atoms with Crippen LogP contribution in [0, 0.1) is 0 Å². The molecule has 1 aromatic rings. The molecule has 0 spiro atoms. The lowest BCUT2D eigenvalue weighted by Crippen LogP contribution is -2.40. The van der Waals surface area contributed by atoms with E-state index in [9.17, 15) is 4.79 Å². The van der Waals surface area contributed by atoms with Crippen molar-refractivity contribution in [2.45, 2.75) is 37.8 Å². The average Bonchev–Trinajstić information content (AvgIpc) is 3.27. The molecule has 2 fully saturated rings. The maximum atomic E-state index is 12.3. The first-order valence-corrected chi connectivity index (χ1v) is 8.05. The standard InChI is InChI=1S/C17H25N3O/c1-19(15-6-3-2-4-7-15)11-5-12-20-13-10-16(17(20)21)18-14-8-9-14/h2-4,6-7,14,16,18H,5,8-13H2,1H3. The van der Waals surface area contributed by atoms with Crippen LogP contribution in [0.4, 0.5) is 5.69 Å². The number of hydrogen-bond donors (Lipinski definition) is 1. The molecule has 0 bridgehead atoms. The highest BCUT2D eigenvalue weighted by molar-refractivity contribution is 5.84. The van der Waals surface area contributed by atoms with Gasteiger partial charge in [0, 0.05) is 38.4 Å². The van der Waals surface area contributed by atoms with Crippen molar-refractivity contribution in [3.8, 4) is 0 Å². The average molecular weight is 287 g/mol. The van der Waals surface area contributed by atoms with Crippen LogP contribution in [-0.4, -0.2) is 49.6 Å². The van der Waals surface area contributed by atoms with Crippen LogP contribution < -0.4 is 10.2 Å². The lowest BCUT2D eigenvalue weighted by molar-refractivity contribution is -0.129. The fourth-order valence-corrected chi connectivity index (χ4v) is 2.96. The molecule has 1 atom stereocenters. The number of benzene rings is 1. The first kappa shape index (κ1) is 14.4. The third-order valence-corrected chi connectivity index (χ3v) is 4.43. The molecule has 0 aromatic heterocycles. The second kappa shape index (κ2) is 6.48. The van der Waals surface area contributed by atoms with Gasteiger partial charge in [-0.15, -0.1) is 0 Å². The summed E-state index contributed by atoms with van der Waals surface area (Å²) in [4.78, 5) is 16.5. The van der Waals surface area contributed by atoms with Crippen molar-refractivity contribution in [3.63, 3.8) is 0 Å². The quantitative estimate of drug-likeness (QED) is 0.831. The predicted molar refractivity (Wildman–Crippen MR) is 85.5 cm³/mol. The molecule has 1 amide bonds. The zero-order chi connectivity index (χ0) is 14.7. The molecule has 1 aliphatic carbocycles. The summed E-state index contributed by atoms with van der Waals surface area (Å²) < 4.78 is 0. The van der Waals surface area contributed by atoms with Gasteiger partial charge in [-0.2, -0.15) is 0 Å². The monoisotopic (exact) mass is 287 g/mol. The van der Waals surface area contributed by atoms with E-state index in [0.717, 1.165) is 32.5 Å². The maximum Gasteiger partial charge on any atom is 0.239 e. The number of hydrogen-bond acceptors (Lipinski definition) is 3. The molecule has 1 heterocycles. The largest absolute Gasteiger partial charge is 0.375 e. The molecule has 21 heavy (non-hydrogen) atoms. The summed E-state index contributed by atoms with van der Waals surface area (Å²) in [5.41, 5.74) is 1.23. The number of anilines is 1. The van der Waals surface area contributed by atoms with Gasteiger partial charge in [0.1, 0.15) is 0 Å². The van der Waals surface area contributed by atoms with Crippen molar-refractivity contribution in [2.24, 2.45) is 0 Å². The highest BCUT2D eigenvalue weighted by atomic mass is 16.2. The number of nitrogens with zero attached hydrogens (tertiary/aromatic N) is 2. The van der Waals surface area contributed by atoms with Crippen LogP contribution in [0.2, 0.25) is 0 Å². The maximum absolute atomic E-state index is 12.3. The van der Waals surface area contributed by atoms with Gasteiger partial charge in [-0.1, -0.05) is 18.2 Å². The fraction of sp³-hybridized carbons (Fsp3) is 0.588. The highest BCUT2D eigenvalue weighted by Crippen LogP contribution is 2.22. The van der Waals surface area contributed by atoms with E-state index in [4.69, 9.17) is 0 Å². The van der Waals surface area contributed by atoms with Crippen molar-refractivity contribution in [2.75, 3.05) is 31.6 Å². The van der Waals surface area contributed by atoms with Gasteiger partial charge in [0.25, 0.3) is 0 Å². The second-order valence-corrected chi connectivity index (χ2v) is 6.22. The van der Waals surface area contributed by atoms with Crippen molar-refractivity contribution < 1.29 is 4.79 Å². The van der Waals surface area contributed by atoms with E-state index in [1.165, 1.54) is 18.5 Å². The van der Waals surface area contributed by atoms with Crippen molar-refractivity contribution >= 4 is 11.6 Å². The Labute approximate surface area is 127 Å².